The lowest BCUT2D eigenvalue weighted by molar-refractivity contribution is 0.332. The standard InChI is InChI=1S/C10H10N2O/c1-6-2-3-7(4-11)10-9(6)8(12)5-13-10/h2-3,8H,5,12H2,1H3. The van der Waals surface area contributed by atoms with Crippen LogP contribution >= 0.6 is 0 Å². The van der Waals surface area contributed by atoms with E-state index < -0.39 is 0 Å². The van der Waals surface area contributed by atoms with Crippen LogP contribution < -0.4 is 10.5 Å². The second-order valence-electron chi connectivity index (χ2n) is 3.20. The van der Waals surface area contributed by atoms with Crippen molar-refractivity contribution in [3.63, 3.8) is 0 Å². The van der Waals surface area contributed by atoms with Crippen molar-refractivity contribution in [2.24, 2.45) is 5.73 Å². The molecule has 0 bridgehead atoms. The predicted molar refractivity (Wildman–Crippen MR) is 48.3 cm³/mol. The van der Waals surface area contributed by atoms with Gasteiger partial charge in [0, 0.05) is 5.56 Å². The quantitative estimate of drug-likeness (QED) is 0.644. The number of benzene rings is 1. The van der Waals surface area contributed by atoms with Crippen molar-refractivity contribution in [2.45, 2.75) is 13.0 Å². The maximum atomic E-state index is 8.81. The van der Waals surface area contributed by atoms with Crippen molar-refractivity contribution in [3.05, 3.63) is 28.8 Å². The Balaban J connectivity index is 2.67. The molecule has 0 aromatic heterocycles. The Morgan fingerprint density at radius 1 is 1.62 bits per heavy atom. The maximum absolute atomic E-state index is 8.81. The summed E-state index contributed by atoms with van der Waals surface area (Å²) in [7, 11) is 0. The molecular formula is C10H10N2O. The van der Waals surface area contributed by atoms with Gasteiger partial charge in [-0.2, -0.15) is 5.26 Å². The van der Waals surface area contributed by atoms with Gasteiger partial charge >= 0.3 is 0 Å². The van der Waals surface area contributed by atoms with Crippen LogP contribution in [-0.2, 0) is 0 Å². The molecular weight excluding hydrogens is 164 g/mol. The zero-order chi connectivity index (χ0) is 9.42. The Kier molecular flexibility index (Phi) is 1.71. The first kappa shape index (κ1) is 8.09. The molecule has 0 fully saturated rings. The molecule has 2 rings (SSSR count). The molecule has 1 aliphatic heterocycles. The van der Waals surface area contributed by atoms with Crippen molar-refractivity contribution in [3.8, 4) is 11.8 Å². The molecule has 0 saturated carbocycles. The summed E-state index contributed by atoms with van der Waals surface area (Å²) in [6, 6.07) is 5.69. The summed E-state index contributed by atoms with van der Waals surface area (Å²) in [6.45, 7) is 2.46. The first-order valence-corrected chi connectivity index (χ1v) is 4.16. The highest BCUT2D eigenvalue weighted by Gasteiger charge is 2.25. The third-order valence-corrected chi connectivity index (χ3v) is 2.31. The number of fused-ring (bicyclic) bond motifs is 1. The largest absolute Gasteiger partial charge is 0.490 e. The van der Waals surface area contributed by atoms with Crippen LogP contribution in [0.3, 0.4) is 0 Å². The average Bonchev–Trinajstić information content (AvgIpc) is 2.50. The molecule has 2 N–H and O–H groups in total. The molecule has 66 valence electrons. The van der Waals surface area contributed by atoms with E-state index in [1.165, 1.54) is 0 Å². The number of ether oxygens (including phenoxy) is 1. The Morgan fingerprint density at radius 2 is 2.38 bits per heavy atom. The van der Waals surface area contributed by atoms with E-state index in [4.69, 9.17) is 15.7 Å². The summed E-state index contributed by atoms with van der Waals surface area (Å²) in [6.07, 6.45) is 0. The van der Waals surface area contributed by atoms with Gasteiger partial charge in [0.05, 0.1) is 11.6 Å². The van der Waals surface area contributed by atoms with Crippen LogP contribution in [0.4, 0.5) is 0 Å². The predicted octanol–water partition coefficient (Wildman–Crippen LogP) is 1.26. The molecule has 1 heterocycles. The maximum Gasteiger partial charge on any atom is 0.142 e. The van der Waals surface area contributed by atoms with E-state index in [0.717, 1.165) is 11.1 Å². The fourth-order valence-electron chi connectivity index (χ4n) is 1.66. The van der Waals surface area contributed by atoms with E-state index in [2.05, 4.69) is 6.07 Å². The molecule has 0 amide bonds. The molecule has 13 heavy (non-hydrogen) atoms. The normalized spacial score (nSPS) is 19.0. The van der Waals surface area contributed by atoms with Crippen molar-refractivity contribution in [2.75, 3.05) is 6.61 Å². The molecule has 3 nitrogen and oxygen atoms in total. The summed E-state index contributed by atoms with van der Waals surface area (Å²) in [5.41, 5.74) is 8.50. The van der Waals surface area contributed by atoms with Crippen molar-refractivity contribution >= 4 is 0 Å². The second kappa shape index (κ2) is 2.75. The molecule has 0 radical (unpaired) electrons. The summed E-state index contributed by atoms with van der Waals surface area (Å²) >= 11 is 0. The van der Waals surface area contributed by atoms with Gasteiger partial charge in [-0.1, -0.05) is 6.07 Å². The van der Waals surface area contributed by atoms with E-state index in [1.54, 1.807) is 6.07 Å². The first-order valence-electron chi connectivity index (χ1n) is 4.16. The molecule has 1 unspecified atom stereocenters. The van der Waals surface area contributed by atoms with Crippen LogP contribution in [0.25, 0.3) is 0 Å². The van der Waals surface area contributed by atoms with E-state index in [0.29, 0.717) is 17.9 Å². The van der Waals surface area contributed by atoms with Crippen LogP contribution in [0, 0.1) is 18.3 Å². The van der Waals surface area contributed by atoms with Gasteiger partial charge in [0.15, 0.2) is 0 Å². The minimum absolute atomic E-state index is 0.0803. The van der Waals surface area contributed by atoms with E-state index in [1.807, 2.05) is 13.0 Å². The van der Waals surface area contributed by atoms with Gasteiger partial charge in [-0.3, -0.25) is 0 Å². The fourth-order valence-corrected chi connectivity index (χ4v) is 1.66. The zero-order valence-electron chi connectivity index (χ0n) is 7.37. The molecule has 0 aliphatic carbocycles. The third kappa shape index (κ3) is 1.07. The van der Waals surface area contributed by atoms with Crippen LogP contribution in [0.1, 0.15) is 22.7 Å². The topological polar surface area (TPSA) is 59.0 Å². The average molecular weight is 174 g/mol. The highest BCUT2D eigenvalue weighted by Crippen LogP contribution is 2.36. The van der Waals surface area contributed by atoms with Crippen molar-refractivity contribution < 1.29 is 4.74 Å². The van der Waals surface area contributed by atoms with Gasteiger partial charge in [-0.25, -0.2) is 0 Å². The molecule has 1 aromatic carbocycles. The number of nitrogens with zero attached hydrogens (tertiary/aromatic N) is 1. The van der Waals surface area contributed by atoms with Gasteiger partial charge in [0.1, 0.15) is 18.4 Å². The first-order chi connectivity index (χ1) is 6.24. The Labute approximate surface area is 76.7 Å². The monoisotopic (exact) mass is 174 g/mol. The minimum Gasteiger partial charge on any atom is -0.490 e. The molecule has 1 aliphatic rings. The lowest BCUT2D eigenvalue weighted by Gasteiger charge is -2.05. The molecule has 3 heteroatoms. The lowest BCUT2D eigenvalue weighted by Crippen LogP contribution is -2.11. The SMILES string of the molecule is Cc1ccc(C#N)c2c1C(N)CO2. The highest BCUT2D eigenvalue weighted by atomic mass is 16.5. The van der Waals surface area contributed by atoms with Gasteiger partial charge in [-0.15, -0.1) is 0 Å². The Bertz CT molecular complexity index is 393. The van der Waals surface area contributed by atoms with E-state index in [9.17, 15) is 0 Å². The van der Waals surface area contributed by atoms with Gasteiger partial charge in [0.2, 0.25) is 0 Å². The van der Waals surface area contributed by atoms with Crippen LogP contribution in [0.5, 0.6) is 5.75 Å². The molecule has 1 atom stereocenters. The molecule has 0 saturated heterocycles. The van der Waals surface area contributed by atoms with Crippen LogP contribution in [0.2, 0.25) is 0 Å². The smallest absolute Gasteiger partial charge is 0.142 e. The van der Waals surface area contributed by atoms with Crippen molar-refractivity contribution in [1.29, 1.82) is 5.26 Å². The summed E-state index contributed by atoms with van der Waals surface area (Å²) < 4.78 is 5.37. The van der Waals surface area contributed by atoms with E-state index in [-0.39, 0.29) is 6.04 Å². The number of aryl methyl sites for hydroxylation is 1. The number of nitriles is 1. The van der Waals surface area contributed by atoms with E-state index >= 15 is 0 Å². The summed E-state index contributed by atoms with van der Waals surface area (Å²) in [5.74, 6) is 0.676. The summed E-state index contributed by atoms with van der Waals surface area (Å²) in [5, 5.41) is 8.81. The molecule has 1 aromatic rings. The van der Waals surface area contributed by atoms with Crippen LogP contribution in [0.15, 0.2) is 12.1 Å². The van der Waals surface area contributed by atoms with Gasteiger partial charge in [0.25, 0.3) is 0 Å². The number of nitrogens with two attached hydrogens (primary N) is 1. The summed E-state index contributed by atoms with van der Waals surface area (Å²) in [4.78, 5) is 0. The fraction of sp³-hybridized carbons (Fsp3) is 0.300. The number of rotatable bonds is 0. The lowest BCUT2D eigenvalue weighted by atomic mass is 10.0. The van der Waals surface area contributed by atoms with Crippen LogP contribution in [-0.4, -0.2) is 6.61 Å². The highest BCUT2D eigenvalue weighted by molar-refractivity contribution is 5.54. The Hall–Kier alpha value is -1.53. The Morgan fingerprint density at radius 3 is 3.08 bits per heavy atom. The zero-order valence-corrected chi connectivity index (χ0v) is 7.37. The van der Waals surface area contributed by atoms with Gasteiger partial charge < -0.3 is 10.5 Å². The minimum atomic E-state index is -0.0803. The second-order valence-corrected chi connectivity index (χ2v) is 3.20. The number of hydrogen-bond donors (Lipinski definition) is 1. The van der Waals surface area contributed by atoms with Gasteiger partial charge in [-0.05, 0) is 18.6 Å². The number of hydrogen-bond acceptors (Lipinski definition) is 3. The third-order valence-electron chi connectivity index (χ3n) is 2.31. The van der Waals surface area contributed by atoms with Crippen molar-refractivity contribution in [1.82, 2.24) is 0 Å². The molecule has 0 spiro atoms.